The third-order valence-corrected chi connectivity index (χ3v) is 5.59. The van der Waals surface area contributed by atoms with Crippen molar-refractivity contribution in [3.05, 3.63) is 120 Å². The topological polar surface area (TPSA) is 76.7 Å². The number of fused-ring (bicyclic) bond motifs is 1. The van der Waals surface area contributed by atoms with E-state index in [2.05, 4.69) is 10.6 Å². The first-order valence-electron chi connectivity index (χ1n) is 10.9. The number of anilines is 2. The molecule has 168 valence electrons. The molecule has 0 unspecified atom stereocenters. The number of rotatable bonds is 6. The summed E-state index contributed by atoms with van der Waals surface area (Å²) in [6.45, 7) is 0.158. The molecule has 0 atom stereocenters. The molecule has 0 fully saturated rings. The quantitative estimate of drug-likeness (QED) is 0.410. The number of hydrogen-bond acceptors (Lipinski definition) is 4. The van der Waals surface area contributed by atoms with E-state index in [0.717, 1.165) is 11.1 Å². The molecule has 0 saturated heterocycles. The molecular weight excluding hydrogens is 428 g/mol. The van der Waals surface area contributed by atoms with Crippen molar-refractivity contribution in [3.8, 4) is 11.5 Å². The molecule has 4 aromatic carbocycles. The molecule has 0 aliphatic carbocycles. The lowest BCUT2D eigenvalue weighted by Gasteiger charge is -2.19. The summed E-state index contributed by atoms with van der Waals surface area (Å²) < 4.78 is 10.7. The Labute approximate surface area is 197 Å². The van der Waals surface area contributed by atoms with E-state index in [-0.39, 0.29) is 18.6 Å². The first-order chi connectivity index (χ1) is 16.7. The zero-order valence-corrected chi connectivity index (χ0v) is 18.2. The SMILES string of the molecule is O=C(Nc1ccc2c(c1)OCO2)c1ccccc1NC(=O)C(c1ccccc1)c1ccccc1. The minimum absolute atomic E-state index is 0.158. The molecule has 1 aliphatic heterocycles. The van der Waals surface area contributed by atoms with Crippen LogP contribution in [0.1, 0.15) is 27.4 Å². The average Bonchev–Trinajstić information content (AvgIpc) is 3.34. The molecule has 2 amide bonds. The Balaban J connectivity index is 1.40. The van der Waals surface area contributed by atoms with E-state index < -0.39 is 5.92 Å². The van der Waals surface area contributed by atoms with Gasteiger partial charge in [0.05, 0.1) is 17.2 Å². The van der Waals surface area contributed by atoms with Gasteiger partial charge in [0, 0.05) is 11.8 Å². The minimum atomic E-state index is -0.521. The van der Waals surface area contributed by atoms with Gasteiger partial charge in [0.25, 0.3) is 5.91 Å². The smallest absolute Gasteiger partial charge is 0.257 e. The summed E-state index contributed by atoms with van der Waals surface area (Å²) >= 11 is 0. The monoisotopic (exact) mass is 450 g/mol. The van der Waals surface area contributed by atoms with Gasteiger partial charge >= 0.3 is 0 Å². The molecular formula is C28H22N2O4. The number of carbonyl (C=O) groups excluding carboxylic acids is 2. The second-order valence-electron chi connectivity index (χ2n) is 7.81. The highest BCUT2D eigenvalue weighted by molar-refractivity contribution is 6.11. The fourth-order valence-corrected chi connectivity index (χ4v) is 3.95. The second kappa shape index (κ2) is 9.50. The molecule has 6 heteroatoms. The molecule has 0 spiro atoms. The first kappa shape index (κ1) is 21.3. The van der Waals surface area contributed by atoms with Gasteiger partial charge in [0.2, 0.25) is 12.7 Å². The van der Waals surface area contributed by atoms with Gasteiger partial charge in [-0.2, -0.15) is 0 Å². The molecule has 0 aromatic heterocycles. The van der Waals surface area contributed by atoms with Crippen LogP contribution < -0.4 is 20.1 Å². The van der Waals surface area contributed by atoms with Crippen LogP contribution in [0.3, 0.4) is 0 Å². The number of benzene rings is 4. The summed E-state index contributed by atoms with van der Waals surface area (Å²) in [5.74, 6) is 0.130. The van der Waals surface area contributed by atoms with Gasteiger partial charge < -0.3 is 20.1 Å². The van der Waals surface area contributed by atoms with Crippen LogP contribution >= 0.6 is 0 Å². The van der Waals surface area contributed by atoms with Crippen LogP contribution in [0, 0.1) is 0 Å². The molecule has 0 saturated carbocycles. The third-order valence-electron chi connectivity index (χ3n) is 5.59. The Bertz CT molecular complexity index is 1280. The zero-order valence-electron chi connectivity index (χ0n) is 18.2. The Hall–Kier alpha value is -4.58. The van der Waals surface area contributed by atoms with Crippen LogP contribution in [0.5, 0.6) is 11.5 Å². The lowest BCUT2D eigenvalue weighted by molar-refractivity contribution is -0.116. The van der Waals surface area contributed by atoms with Gasteiger partial charge in [-0.15, -0.1) is 0 Å². The fraction of sp³-hybridized carbons (Fsp3) is 0.0714. The van der Waals surface area contributed by atoms with Gasteiger partial charge in [-0.25, -0.2) is 0 Å². The van der Waals surface area contributed by atoms with Crippen molar-refractivity contribution >= 4 is 23.2 Å². The molecule has 1 heterocycles. The summed E-state index contributed by atoms with van der Waals surface area (Å²) in [7, 11) is 0. The van der Waals surface area contributed by atoms with Crippen molar-refractivity contribution < 1.29 is 19.1 Å². The molecule has 0 bridgehead atoms. The molecule has 2 N–H and O–H groups in total. The Morgan fingerprint density at radius 3 is 2.00 bits per heavy atom. The van der Waals surface area contributed by atoms with E-state index in [1.54, 1.807) is 42.5 Å². The maximum Gasteiger partial charge on any atom is 0.257 e. The molecule has 5 rings (SSSR count). The van der Waals surface area contributed by atoms with E-state index in [0.29, 0.717) is 28.4 Å². The number of hydrogen-bond donors (Lipinski definition) is 2. The molecule has 4 aromatic rings. The molecule has 0 radical (unpaired) electrons. The van der Waals surface area contributed by atoms with Crippen LogP contribution in [0.4, 0.5) is 11.4 Å². The Morgan fingerprint density at radius 1 is 0.676 bits per heavy atom. The van der Waals surface area contributed by atoms with E-state index in [1.165, 1.54) is 0 Å². The second-order valence-corrected chi connectivity index (χ2v) is 7.81. The van der Waals surface area contributed by atoms with Crippen LogP contribution in [0.15, 0.2) is 103 Å². The van der Waals surface area contributed by atoms with Crippen molar-refractivity contribution in [2.75, 3.05) is 17.4 Å². The average molecular weight is 450 g/mol. The highest BCUT2D eigenvalue weighted by atomic mass is 16.7. The number of amides is 2. The summed E-state index contributed by atoms with van der Waals surface area (Å²) in [5, 5.41) is 5.84. The molecule has 6 nitrogen and oxygen atoms in total. The predicted molar refractivity (Wildman–Crippen MR) is 130 cm³/mol. The standard InChI is InChI=1S/C28H22N2O4/c31-27(29-21-15-16-24-25(17-21)34-18-33-24)22-13-7-8-14-23(22)30-28(32)26(19-9-3-1-4-10-19)20-11-5-2-6-12-20/h1-17,26H,18H2,(H,29,31)(H,30,32). The zero-order chi connectivity index (χ0) is 23.3. The van der Waals surface area contributed by atoms with Gasteiger partial charge in [-0.05, 0) is 35.4 Å². The van der Waals surface area contributed by atoms with Crippen LogP contribution in [0.25, 0.3) is 0 Å². The van der Waals surface area contributed by atoms with Crippen molar-refractivity contribution in [3.63, 3.8) is 0 Å². The number of carbonyl (C=O) groups is 2. The van der Waals surface area contributed by atoms with Crippen molar-refractivity contribution in [1.82, 2.24) is 0 Å². The van der Waals surface area contributed by atoms with Gasteiger partial charge in [-0.1, -0.05) is 72.8 Å². The van der Waals surface area contributed by atoms with Gasteiger partial charge in [0.15, 0.2) is 11.5 Å². The third kappa shape index (κ3) is 4.47. The largest absolute Gasteiger partial charge is 0.454 e. The van der Waals surface area contributed by atoms with Crippen LogP contribution in [0.2, 0.25) is 0 Å². The highest BCUT2D eigenvalue weighted by Gasteiger charge is 2.24. The lowest BCUT2D eigenvalue weighted by atomic mass is 9.90. The highest BCUT2D eigenvalue weighted by Crippen LogP contribution is 2.34. The summed E-state index contributed by atoms with van der Waals surface area (Å²) in [6.07, 6.45) is 0. The van der Waals surface area contributed by atoms with Crippen molar-refractivity contribution in [2.45, 2.75) is 5.92 Å². The van der Waals surface area contributed by atoms with Crippen molar-refractivity contribution in [2.24, 2.45) is 0 Å². The summed E-state index contributed by atoms with van der Waals surface area (Å²) in [5.41, 5.74) is 3.10. The maximum atomic E-state index is 13.5. The fourth-order valence-electron chi connectivity index (χ4n) is 3.95. The Kier molecular flexibility index (Phi) is 5.95. The summed E-state index contributed by atoms with van der Waals surface area (Å²) in [6, 6.07) is 31.3. The molecule has 34 heavy (non-hydrogen) atoms. The lowest BCUT2D eigenvalue weighted by Crippen LogP contribution is -2.24. The number of ether oxygens (including phenoxy) is 2. The van der Waals surface area contributed by atoms with Crippen LogP contribution in [-0.4, -0.2) is 18.6 Å². The van der Waals surface area contributed by atoms with Crippen LogP contribution in [-0.2, 0) is 4.79 Å². The van der Waals surface area contributed by atoms with Gasteiger partial charge in [0.1, 0.15) is 0 Å². The minimum Gasteiger partial charge on any atom is -0.454 e. The van der Waals surface area contributed by atoms with E-state index in [9.17, 15) is 9.59 Å². The van der Waals surface area contributed by atoms with E-state index in [4.69, 9.17) is 9.47 Å². The van der Waals surface area contributed by atoms with E-state index >= 15 is 0 Å². The molecule has 1 aliphatic rings. The maximum absolute atomic E-state index is 13.5. The Morgan fingerprint density at radius 2 is 1.29 bits per heavy atom. The van der Waals surface area contributed by atoms with E-state index in [1.807, 2.05) is 60.7 Å². The number of nitrogens with one attached hydrogen (secondary N) is 2. The first-order valence-corrected chi connectivity index (χ1v) is 10.9. The number of para-hydroxylation sites is 1. The summed E-state index contributed by atoms with van der Waals surface area (Å²) in [4.78, 5) is 26.6. The predicted octanol–water partition coefficient (Wildman–Crippen LogP) is 5.44. The van der Waals surface area contributed by atoms with Crippen molar-refractivity contribution in [1.29, 1.82) is 0 Å². The van der Waals surface area contributed by atoms with Gasteiger partial charge in [-0.3, -0.25) is 9.59 Å². The normalized spacial score (nSPS) is 11.8.